The SMILES string of the molecule is CN(CCCN)S(=O)(=O)c1cc(S(C)(=O)=O)ccc1Cl. The maximum Gasteiger partial charge on any atom is 0.244 e. The van der Waals surface area contributed by atoms with Crippen molar-refractivity contribution < 1.29 is 16.8 Å². The zero-order valence-electron chi connectivity index (χ0n) is 11.2. The molecule has 114 valence electrons. The summed E-state index contributed by atoms with van der Waals surface area (Å²) in [6, 6.07) is 3.62. The summed E-state index contributed by atoms with van der Waals surface area (Å²) < 4.78 is 48.8. The second-order valence-corrected chi connectivity index (χ2v) is 8.77. The topological polar surface area (TPSA) is 97.5 Å². The van der Waals surface area contributed by atoms with E-state index in [9.17, 15) is 16.8 Å². The molecule has 0 heterocycles. The fraction of sp³-hybridized carbons (Fsp3) is 0.455. The number of benzene rings is 1. The molecule has 0 saturated carbocycles. The van der Waals surface area contributed by atoms with Gasteiger partial charge in [-0.15, -0.1) is 0 Å². The lowest BCUT2D eigenvalue weighted by atomic mass is 10.4. The normalized spacial score (nSPS) is 12.8. The molecule has 0 amide bonds. The number of hydrogen-bond donors (Lipinski definition) is 1. The summed E-state index contributed by atoms with van der Waals surface area (Å²) >= 11 is 5.88. The summed E-state index contributed by atoms with van der Waals surface area (Å²) in [4.78, 5) is -0.311. The molecule has 0 saturated heterocycles. The summed E-state index contributed by atoms with van der Waals surface area (Å²) in [5.41, 5.74) is 5.34. The first-order valence-electron chi connectivity index (χ1n) is 5.76. The Morgan fingerprint density at radius 1 is 1.25 bits per heavy atom. The van der Waals surface area contributed by atoms with Crippen molar-refractivity contribution in [2.45, 2.75) is 16.2 Å². The van der Waals surface area contributed by atoms with Gasteiger partial charge in [-0.3, -0.25) is 0 Å². The highest BCUT2D eigenvalue weighted by molar-refractivity contribution is 7.91. The van der Waals surface area contributed by atoms with Crippen LogP contribution in [-0.2, 0) is 19.9 Å². The third-order valence-corrected chi connectivity index (χ3v) is 6.14. The van der Waals surface area contributed by atoms with Crippen LogP contribution in [0.25, 0.3) is 0 Å². The zero-order valence-corrected chi connectivity index (χ0v) is 13.6. The van der Waals surface area contributed by atoms with Gasteiger partial charge in [-0.25, -0.2) is 21.1 Å². The Balaban J connectivity index is 3.31. The smallest absolute Gasteiger partial charge is 0.244 e. The van der Waals surface area contributed by atoms with Crippen LogP contribution in [-0.4, -0.2) is 47.5 Å². The Morgan fingerprint density at radius 3 is 2.35 bits per heavy atom. The van der Waals surface area contributed by atoms with Gasteiger partial charge in [0.05, 0.1) is 9.92 Å². The van der Waals surface area contributed by atoms with E-state index in [1.165, 1.54) is 19.2 Å². The van der Waals surface area contributed by atoms with E-state index in [4.69, 9.17) is 17.3 Å². The Labute approximate surface area is 124 Å². The van der Waals surface area contributed by atoms with E-state index in [-0.39, 0.29) is 21.4 Å². The predicted octanol–water partition coefficient (Wildman–Crippen LogP) is 0.713. The van der Waals surface area contributed by atoms with Gasteiger partial charge < -0.3 is 5.73 Å². The van der Waals surface area contributed by atoms with Crippen molar-refractivity contribution in [1.82, 2.24) is 4.31 Å². The number of nitrogens with zero attached hydrogens (tertiary/aromatic N) is 1. The van der Waals surface area contributed by atoms with Crippen molar-refractivity contribution in [3.05, 3.63) is 23.2 Å². The number of hydrogen-bond acceptors (Lipinski definition) is 5. The van der Waals surface area contributed by atoms with Crippen molar-refractivity contribution in [2.24, 2.45) is 5.73 Å². The monoisotopic (exact) mass is 340 g/mol. The molecule has 0 aliphatic rings. The number of rotatable bonds is 6. The van der Waals surface area contributed by atoms with Crippen molar-refractivity contribution >= 4 is 31.5 Å². The van der Waals surface area contributed by atoms with E-state index in [1.807, 2.05) is 0 Å². The minimum Gasteiger partial charge on any atom is -0.330 e. The van der Waals surface area contributed by atoms with Crippen LogP contribution in [0, 0.1) is 0 Å². The van der Waals surface area contributed by atoms with E-state index in [1.54, 1.807) is 0 Å². The van der Waals surface area contributed by atoms with E-state index < -0.39 is 19.9 Å². The lowest BCUT2D eigenvalue weighted by molar-refractivity contribution is 0.463. The van der Waals surface area contributed by atoms with Crippen LogP contribution < -0.4 is 5.73 Å². The molecule has 0 radical (unpaired) electrons. The highest BCUT2D eigenvalue weighted by atomic mass is 35.5. The average molecular weight is 341 g/mol. The summed E-state index contributed by atoms with van der Waals surface area (Å²) in [6.07, 6.45) is 1.50. The Bertz CT molecular complexity index is 686. The average Bonchev–Trinajstić information content (AvgIpc) is 2.34. The quantitative estimate of drug-likeness (QED) is 0.822. The van der Waals surface area contributed by atoms with Gasteiger partial charge in [-0.05, 0) is 31.2 Å². The van der Waals surface area contributed by atoms with Crippen LogP contribution >= 0.6 is 11.6 Å². The molecule has 1 aromatic carbocycles. The fourth-order valence-electron chi connectivity index (χ4n) is 1.51. The number of halogens is 1. The summed E-state index contributed by atoms with van der Waals surface area (Å²) in [5.74, 6) is 0. The third-order valence-electron chi connectivity index (χ3n) is 2.70. The van der Waals surface area contributed by atoms with Crippen LogP contribution in [0.4, 0.5) is 0 Å². The molecule has 0 fully saturated rings. The van der Waals surface area contributed by atoms with Gasteiger partial charge in [0.25, 0.3) is 0 Å². The van der Waals surface area contributed by atoms with Crippen LogP contribution in [0.5, 0.6) is 0 Å². The van der Waals surface area contributed by atoms with Gasteiger partial charge in [-0.1, -0.05) is 11.6 Å². The third kappa shape index (κ3) is 3.92. The number of sulfone groups is 1. The second-order valence-electron chi connectivity index (χ2n) is 4.33. The highest BCUT2D eigenvalue weighted by Crippen LogP contribution is 2.27. The second kappa shape index (κ2) is 6.40. The van der Waals surface area contributed by atoms with Crippen molar-refractivity contribution in [1.29, 1.82) is 0 Å². The highest BCUT2D eigenvalue weighted by Gasteiger charge is 2.25. The van der Waals surface area contributed by atoms with Gasteiger partial charge in [0.15, 0.2) is 9.84 Å². The molecule has 0 aliphatic heterocycles. The standard InChI is InChI=1S/C11H17ClN2O4S2/c1-14(7-3-6-13)20(17,18)11-8-9(19(2,15)16)4-5-10(11)12/h4-5,8H,3,6-7,13H2,1-2H3. The molecule has 0 aliphatic carbocycles. The molecule has 0 spiro atoms. The molecule has 0 atom stereocenters. The summed E-state index contributed by atoms with van der Waals surface area (Å²) in [7, 11) is -5.95. The maximum atomic E-state index is 12.3. The van der Waals surface area contributed by atoms with Gasteiger partial charge in [0.1, 0.15) is 4.90 Å². The largest absolute Gasteiger partial charge is 0.330 e. The van der Waals surface area contributed by atoms with E-state index in [0.29, 0.717) is 13.0 Å². The predicted molar refractivity (Wildman–Crippen MR) is 78.0 cm³/mol. The van der Waals surface area contributed by atoms with Crippen molar-refractivity contribution in [2.75, 3.05) is 26.4 Å². The zero-order chi connectivity index (χ0) is 15.6. The lowest BCUT2D eigenvalue weighted by Crippen LogP contribution is -2.29. The maximum absolute atomic E-state index is 12.3. The van der Waals surface area contributed by atoms with Gasteiger partial charge in [0, 0.05) is 19.8 Å². The summed E-state index contributed by atoms with van der Waals surface area (Å²) in [5, 5.41) is -0.0167. The molecular weight excluding hydrogens is 324 g/mol. The van der Waals surface area contributed by atoms with Gasteiger partial charge >= 0.3 is 0 Å². The first-order chi connectivity index (χ1) is 9.10. The van der Waals surface area contributed by atoms with Crippen LogP contribution in [0.1, 0.15) is 6.42 Å². The van der Waals surface area contributed by atoms with Crippen LogP contribution in [0.2, 0.25) is 5.02 Å². The molecule has 6 nitrogen and oxygen atoms in total. The van der Waals surface area contributed by atoms with Crippen LogP contribution in [0.15, 0.2) is 28.0 Å². The first-order valence-corrected chi connectivity index (χ1v) is 9.47. The molecule has 0 unspecified atom stereocenters. The lowest BCUT2D eigenvalue weighted by Gasteiger charge is -2.18. The molecule has 1 aromatic rings. The van der Waals surface area contributed by atoms with Crippen LogP contribution in [0.3, 0.4) is 0 Å². The van der Waals surface area contributed by atoms with Crippen molar-refractivity contribution in [3.8, 4) is 0 Å². The van der Waals surface area contributed by atoms with E-state index >= 15 is 0 Å². The minimum atomic E-state index is -3.84. The Kier molecular flexibility index (Phi) is 5.56. The van der Waals surface area contributed by atoms with Gasteiger partial charge in [-0.2, -0.15) is 0 Å². The molecule has 0 bridgehead atoms. The molecule has 20 heavy (non-hydrogen) atoms. The molecule has 2 N–H and O–H groups in total. The molecule has 0 aromatic heterocycles. The molecule has 9 heteroatoms. The Morgan fingerprint density at radius 2 is 1.85 bits per heavy atom. The number of sulfonamides is 1. The first kappa shape index (κ1) is 17.4. The number of nitrogens with two attached hydrogens (primary N) is 1. The Hall–Kier alpha value is -0.670. The van der Waals surface area contributed by atoms with Gasteiger partial charge in [0.2, 0.25) is 10.0 Å². The summed E-state index contributed by atoms with van der Waals surface area (Å²) in [6.45, 7) is 0.592. The minimum absolute atomic E-state index is 0.0167. The van der Waals surface area contributed by atoms with Crippen molar-refractivity contribution in [3.63, 3.8) is 0 Å². The van der Waals surface area contributed by atoms with E-state index in [0.717, 1.165) is 16.6 Å². The van der Waals surface area contributed by atoms with E-state index in [2.05, 4.69) is 0 Å². The molecular formula is C11H17ClN2O4S2. The molecule has 1 rings (SSSR count). The fourth-order valence-corrected chi connectivity index (χ4v) is 3.94.